The van der Waals surface area contributed by atoms with E-state index in [-0.39, 0.29) is 5.92 Å². The Hall–Kier alpha value is -0.830. The van der Waals surface area contributed by atoms with Gasteiger partial charge in [0.2, 0.25) is 5.88 Å². The summed E-state index contributed by atoms with van der Waals surface area (Å²) in [5, 5.41) is 0.491. The smallest absolute Gasteiger partial charge is 0.221 e. The summed E-state index contributed by atoms with van der Waals surface area (Å²) in [7, 11) is 0. The first kappa shape index (κ1) is 13.2. The molecule has 0 fully saturated rings. The van der Waals surface area contributed by atoms with E-state index in [0.29, 0.717) is 17.6 Å². The van der Waals surface area contributed by atoms with Crippen LogP contribution in [0.25, 0.3) is 0 Å². The molecule has 0 bridgehead atoms. The summed E-state index contributed by atoms with van der Waals surface area (Å²) in [6, 6.07) is 0. The van der Waals surface area contributed by atoms with Crippen LogP contribution in [0, 0.1) is 6.92 Å². The standard InChI is InChI=1S/C12H19ClN2O/c1-5-6-7-16-12-9(4)10(13)14-11(15-12)8(2)3/h8H,5-7H2,1-4H3. The third kappa shape index (κ3) is 3.34. The molecule has 1 rings (SSSR count). The zero-order chi connectivity index (χ0) is 12.1. The Balaban J connectivity index is 2.88. The second kappa shape index (κ2) is 6.04. The summed E-state index contributed by atoms with van der Waals surface area (Å²) in [6.45, 7) is 8.77. The lowest BCUT2D eigenvalue weighted by Crippen LogP contribution is -2.06. The lowest BCUT2D eigenvalue weighted by Gasteiger charge is -2.11. The van der Waals surface area contributed by atoms with Gasteiger partial charge in [0.25, 0.3) is 0 Å². The van der Waals surface area contributed by atoms with Gasteiger partial charge in [-0.25, -0.2) is 4.98 Å². The number of hydrogen-bond donors (Lipinski definition) is 0. The molecule has 16 heavy (non-hydrogen) atoms. The van der Waals surface area contributed by atoms with E-state index in [1.807, 2.05) is 20.8 Å². The van der Waals surface area contributed by atoms with Gasteiger partial charge in [0.15, 0.2) is 0 Å². The first-order chi connectivity index (χ1) is 7.56. The van der Waals surface area contributed by atoms with Crippen molar-refractivity contribution < 1.29 is 4.74 Å². The Morgan fingerprint density at radius 2 is 2.00 bits per heavy atom. The molecule has 0 spiro atoms. The number of ether oxygens (including phenoxy) is 1. The minimum atomic E-state index is 0.256. The topological polar surface area (TPSA) is 35.0 Å². The summed E-state index contributed by atoms with van der Waals surface area (Å²) >= 11 is 6.04. The molecule has 0 saturated carbocycles. The van der Waals surface area contributed by atoms with E-state index >= 15 is 0 Å². The largest absolute Gasteiger partial charge is 0.477 e. The maximum Gasteiger partial charge on any atom is 0.221 e. The SMILES string of the molecule is CCCCOc1nc(C(C)C)nc(Cl)c1C. The maximum absolute atomic E-state index is 6.04. The minimum Gasteiger partial charge on any atom is -0.477 e. The van der Waals surface area contributed by atoms with Gasteiger partial charge in [-0.05, 0) is 13.3 Å². The quantitative estimate of drug-likeness (QED) is 0.583. The highest BCUT2D eigenvalue weighted by Gasteiger charge is 2.12. The van der Waals surface area contributed by atoms with Crippen molar-refractivity contribution in [2.45, 2.75) is 46.5 Å². The van der Waals surface area contributed by atoms with Crippen molar-refractivity contribution in [3.8, 4) is 5.88 Å². The second-order valence-electron chi connectivity index (χ2n) is 4.16. The summed E-state index contributed by atoms with van der Waals surface area (Å²) in [5.74, 6) is 1.62. The van der Waals surface area contributed by atoms with Crippen molar-refractivity contribution in [2.75, 3.05) is 6.61 Å². The lowest BCUT2D eigenvalue weighted by molar-refractivity contribution is 0.293. The second-order valence-corrected chi connectivity index (χ2v) is 4.52. The maximum atomic E-state index is 6.04. The molecule has 0 saturated heterocycles. The van der Waals surface area contributed by atoms with E-state index in [4.69, 9.17) is 16.3 Å². The van der Waals surface area contributed by atoms with Gasteiger partial charge in [-0.3, -0.25) is 0 Å². The van der Waals surface area contributed by atoms with E-state index in [1.165, 1.54) is 0 Å². The van der Waals surface area contributed by atoms with Crippen molar-refractivity contribution in [1.82, 2.24) is 9.97 Å². The van der Waals surface area contributed by atoms with Crippen molar-refractivity contribution in [3.05, 3.63) is 16.5 Å². The molecule has 1 heterocycles. The fourth-order valence-corrected chi connectivity index (χ4v) is 1.36. The molecule has 0 aliphatic carbocycles. The highest BCUT2D eigenvalue weighted by molar-refractivity contribution is 6.30. The average molecular weight is 243 g/mol. The molecule has 0 aromatic carbocycles. The molecule has 0 N–H and O–H groups in total. The molecule has 0 radical (unpaired) electrons. The van der Waals surface area contributed by atoms with Gasteiger partial charge in [-0.2, -0.15) is 4.98 Å². The van der Waals surface area contributed by atoms with Crippen LogP contribution in [0.2, 0.25) is 5.15 Å². The fraction of sp³-hybridized carbons (Fsp3) is 0.667. The normalized spacial score (nSPS) is 10.9. The number of hydrogen-bond acceptors (Lipinski definition) is 3. The Bertz CT molecular complexity index is 353. The van der Waals surface area contributed by atoms with Crippen LogP contribution in [-0.2, 0) is 0 Å². The van der Waals surface area contributed by atoms with E-state index in [0.717, 1.165) is 24.2 Å². The molecule has 1 aromatic rings. The predicted molar refractivity (Wildman–Crippen MR) is 66.3 cm³/mol. The average Bonchev–Trinajstić information content (AvgIpc) is 2.24. The van der Waals surface area contributed by atoms with Crippen LogP contribution < -0.4 is 4.74 Å². The number of halogens is 1. The van der Waals surface area contributed by atoms with Crippen LogP contribution in [0.15, 0.2) is 0 Å². The van der Waals surface area contributed by atoms with Crippen molar-refractivity contribution >= 4 is 11.6 Å². The van der Waals surface area contributed by atoms with Gasteiger partial charge in [-0.15, -0.1) is 0 Å². The van der Waals surface area contributed by atoms with Crippen LogP contribution >= 0.6 is 11.6 Å². The molecule has 1 aromatic heterocycles. The van der Waals surface area contributed by atoms with E-state index in [2.05, 4.69) is 16.9 Å². The van der Waals surface area contributed by atoms with Crippen LogP contribution in [0.1, 0.15) is 50.9 Å². The molecule has 0 atom stereocenters. The molecular formula is C12H19ClN2O. The van der Waals surface area contributed by atoms with Gasteiger partial charge in [0, 0.05) is 11.5 Å². The first-order valence-electron chi connectivity index (χ1n) is 5.73. The third-order valence-electron chi connectivity index (χ3n) is 2.31. The summed E-state index contributed by atoms with van der Waals surface area (Å²) in [5.41, 5.74) is 0.821. The highest BCUT2D eigenvalue weighted by atomic mass is 35.5. The molecular weight excluding hydrogens is 224 g/mol. The fourth-order valence-electron chi connectivity index (χ4n) is 1.20. The monoisotopic (exact) mass is 242 g/mol. The molecule has 0 aliphatic rings. The summed E-state index contributed by atoms with van der Waals surface area (Å²) in [6.07, 6.45) is 2.13. The summed E-state index contributed by atoms with van der Waals surface area (Å²) < 4.78 is 5.61. The van der Waals surface area contributed by atoms with Gasteiger partial charge < -0.3 is 4.74 Å². The molecule has 4 heteroatoms. The van der Waals surface area contributed by atoms with Crippen LogP contribution in [0.5, 0.6) is 5.88 Å². The molecule has 0 amide bonds. The zero-order valence-electron chi connectivity index (χ0n) is 10.4. The molecule has 3 nitrogen and oxygen atoms in total. The Kier molecular flexibility index (Phi) is 5.00. The van der Waals surface area contributed by atoms with Crippen molar-refractivity contribution in [1.29, 1.82) is 0 Å². The third-order valence-corrected chi connectivity index (χ3v) is 2.68. The predicted octanol–water partition coefficient (Wildman–Crippen LogP) is 3.74. The zero-order valence-corrected chi connectivity index (χ0v) is 11.1. The molecule has 90 valence electrons. The Morgan fingerprint density at radius 1 is 1.31 bits per heavy atom. The number of aromatic nitrogens is 2. The van der Waals surface area contributed by atoms with E-state index in [1.54, 1.807) is 0 Å². The lowest BCUT2D eigenvalue weighted by atomic mass is 10.2. The van der Waals surface area contributed by atoms with Crippen LogP contribution in [0.4, 0.5) is 0 Å². The number of nitrogens with zero attached hydrogens (tertiary/aromatic N) is 2. The summed E-state index contributed by atoms with van der Waals surface area (Å²) in [4.78, 5) is 8.62. The van der Waals surface area contributed by atoms with E-state index < -0.39 is 0 Å². The molecule has 0 aliphatic heterocycles. The van der Waals surface area contributed by atoms with Gasteiger partial charge >= 0.3 is 0 Å². The van der Waals surface area contributed by atoms with Crippen molar-refractivity contribution in [2.24, 2.45) is 0 Å². The Morgan fingerprint density at radius 3 is 2.56 bits per heavy atom. The van der Waals surface area contributed by atoms with Gasteiger partial charge in [0.05, 0.1) is 6.61 Å². The number of unbranched alkanes of at least 4 members (excludes halogenated alkanes) is 1. The molecule has 0 unspecified atom stereocenters. The van der Waals surface area contributed by atoms with E-state index in [9.17, 15) is 0 Å². The minimum absolute atomic E-state index is 0.256. The Labute approximate surface area is 102 Å². The first-order valence-corrected chi connectivity index (χ1v) is 6.10. The van der Waals surface area contributed by atoms with Gasteiger partial charge in [-0.1, -0.05) is 38.8 Å². The van der Waals surface area contributed by atoms with Gasteiger partial charge in [0.1, 0.15) is 11.0 Å². The number of rotatable bonds is 5. The van der Waals surface area contributed by atoms with Crippen LogP contribution in [0.3, 0.4) is 0 Å². The van der Waals surface area contributed by atoms with Crippen LogP contribution in [-0.4, -0.2) is 16.6 Å². The highest BCUT2D eigenvalue weighted by Crippen LogP contribution is 2.24. The van der Waals surface area contributed by atoms with Crippen molar-refractivity contribution in [3.63, 3.8) is 0 Å².